The summed E-state index contributed by atoms with van der Waals surface area (Å²) in [5.41, 5.74) is 0. The first kappa shape index (κ1) is 7.43. The molecule has 4 heteroatoms. The van der Waals surface area contributed by atoms with Gasteiger partial charge in [-0.05, 0) is 0 Å². The van der Waals surface area contributed by atoms with Crippen molar-refractivity contribution in [3.8, 4) is 0 Å². The van der Waals surface area contributed by atoms with Crippen molar-refractivity contribution in [2.45, 2.75) is 6.04 Å². The SMILES string of the molecule is O=C(I)C1COCCN1. The Balaban J connectivity index is 2.31. The predicted octanol–water partition coefficient (Wildman–Crippen LogP) is -0.0636. The minimum absolute atomic E-state index is 0.0700. The molecule has 0 aromatic carbocycles. The molecule has 0 amide bonds. The van der Waals surface area contributed by atoms with Crippen LogP contribution < -0.4 is 5.32 Å². The number of ether oxygens (including phenoxy) is 1. The van der Waals surface area contributed by atoms with Gasteiger partial charge in [-0.1, -0.05) is 0 Å². The third-order valence-corrected chi connectivity index (χ3v) is 1.95. The summed E-state index contributed by atoms with van der Waals surface area (Å²) in [6.07, 6.45) is 0. The fraction of sp³-hybridized carbons (Fsp3) is 0.800. The van der Waals surface area contributed by atoms with Gasteiger partial charge in [0.15, 0.2) is 0 Å². The molecule has 1 saturated heterocycles. The highest BCUT2D eigenvalue weighted by Crippen LogP contribution is 1.98. The Bertz CT molecular complexity index is 112. The van der Waals surface area contributed by atoms with Crippen LogP contribution >= 0.6 is 22.6 Å². The largest absolute Gasteiger partial charge is 0.378 e. The van der Waals surface area contributed by atoms with Gasteiger partial charge in [-0.3, -0.25) is 4.79 Å². The van der Waals surface area contributed by atoms with E-state index in [1.165, 1.54) is 0 Å². The average molecular weight is 241 g/mol. The molecule has 1 unspecified atom stereocenters. The molecule has 1 aliphatic rings. The molecular weight excluding hydrogens is 233 g/mol. The molecule has 0 bridgehead atoms. The minimum atomic E-state index is -0.0700. The monoisotopic (exact) mass is 241 g/mol. The summed E-state index contributed by atoms with van der Waals surface area (Å²) in [5, 5.41) is 3.04. The summed E-state index contributed by atoms with van der Waals surface area (Å²) in [5.74, 6) is 0. The first-order chi connectivity index (χ1) is 4.30. The quantitative estimate of drug-likeness (QED) is 0.516. The Morgan fingerprint density at radius 2 is 2.56 bits per heavy atom. The molecule has 52 valence electrons. The molecule has 0 aromatic rings. The van der Waals surface area contributed by atoms with Gasteiger partial charge in [0.1, 0.15) is 6.04 Å². The Kier molecular flexibility index (Phi) is 2.87. The third kappa shape index (κ3) is 2.19. The van der Waals surface area contributed by atoms with Crippen LogP contribution in [0.5, 0.6) is 0 Å². The summed E-state index contributed by atoms with van der Waals surface area (Å²) < 4.78 is 5.19. The van der Waals surface area contributed by atoms with Gasteiger partial charge < -0.3 is 10.1 Å². The van der Waals surface area contributed by atoms with Crippen molar-refractivity contribution in [3.63, 3.8) is 0 Å². The Morgan fingerprint density at radius 3 is 2.89 bits per heavy atom. The molecule has 0 spiro atoms. The van der Waals surface area contributed by atoms with Crippen LogP contribution in [0.4, 0.5) is 0 Å². The second-order valence-corrected chi connectivity index (χ2v) is 2.95. The van der Waals surface area contributed by atoms with Crippen molar-refractivity contribution in [2.75, 3.05) is 19.8 Å². The summed E-state index contributed by atoms with van der Waals surface area (Å²) >= 11 is 1.78. The van der Waals surface area contributed by atoms with Gasteiger partial charge in [-0.15, -0.1) is 0 Å². The van der Waals surface area contributed by atoms with Crippen molar-refractivity contribution >= 4 is 26.4 Å². The van der Waals surface area contributed by atoms with Crippen LogP contribution in [-0.2, 0) is 9.53 Å². The van der Waals surface area contributed by atoms with Gasteiger partial charge in [0.2, 0.25) is 3.79 Å². The second kappa shape index (κ2) is 3.48. The van der Waals surface area contributed by atoms with Crippen LogP contribution in [0.25, 0.3) is 0 Å². The van der Waals surface area contributed by atoms with E-state index >= 15 is 0 Å². The standard InChI is InChI=1S/C5H8INO2/c6-5(8)4-3-9-2-1-7-4/h4,7H,1-3H2. The summed E-state index contributed by atoms with van der Waals surface area (Å²) in [6.45, 7) is 2.04. The number of halogens is 1. The van der Waals surface area contributed by atoms with Gasteiger partial charge in [-0.25, -0.2) is 0 Å². The maximum absolute atomic E-state index is 10.6. The Labute approximate surface area is 67.3 Å². The lowest BCUT2D eigenvalue weighted by Gasteiger charge is -2.19. The van der Waals surface area contributed by atoms with Crippen LogP contribution in [0.15, 0.2) is 0 Å². The molecule has 9 heavy (non-hydrogen) atoms. The van der Waals surface area contributed by atoms with Crippen LogP contribution in [-0.4, -0.2) is 29.6 Å². The van der Waals surface area contributed by atoms with Crippen molar-refractivity contribution in [1.82, 2.24) is 5.32 Å². The fourth-order valence-electron chi connectivity index (χ4n) is 0.711. The smallest absolute Gasteiger partial charge is 0.211 e. The molecule has 1 heterocycles. The molecule has 1 aliphatic heterocycles. The van der Waals surface area contributed by atoms with Crippen LogP contribution in [0, 0.1) is 0 Å². The maximum atomic E-state index is 10.6. The number of hydrogen-bond acceptors (Lipinski definition) is 3. The molecule has 3 nitrogen and oxygen atoms in total. The summed E-state index contributed by atoms with van der Waals surface area (Å²) in [4.78, 5) is 10.6. The molecule has 0 aliphatic carbocycles. The molecule has 1 fully saturated rings. The molecule has 0 aromatic heterocycles. The van der Waals surface area contributed by atoms with Crippen LogP contribution in [0.2, 0.25) is 0 Å². The van der Waals surface area contributed by atoms with Gasteiger partial charge in [0.25, 0.3) is 0 Å². The summed E-state index contributed by atoms with van der Waals surface area (Å²) in [7, 11) is 0. The fourth-order valence-corrected chi connectivity index (χ4v) is 1.11. The van der Waals surface area contributed by atoms with Crippen molar-refractivity contribution in [2.24, 2.45) is 0 Å². The number of morpholine rings is 1. The lowest BCUT2D eigenvalue weighted by Crippen LogP contribution is -2.44. The topological polar surface area (TPSA) is 38.3 Å². The van der Waals surface area contributed by atoms with Gasteiger partial charge >= 0.3 is 0 Å². The molecule has 1 atom stereocenters. The normalized spacial score (nSPS) is 27.9. The van der Waals surface area contributed by atoms with E-state index in [0.29, 0.717) is 6.61 Å². The zero-order valence-corrected chi connectivity index (χ0v) is 7.05. The Morgan fingerprint density at radius 1 is 1.78 bits per heavy atom. The minimum Gasteiger partial charge on any atom is -0.378 e. The number of carbonyl (C=O) groups is 1. The highest BCUT2D eigenvalue weighted by molar-refractivity contribution is 14.1. The Hall–Kier alpha value is 0.320. The van der Waals surface area contributed by atoms with Gasteiger partial charge in [-0.2, -0.15) is 0 Å². The van der Waals surface area contributed by atoms with E-state index in [9.17, 15) is 4.79 Å². The van der Waals surface area contributed by atoms with E-state index < -0.39 is 0 Å². The molecule has 0 saturated carbocycles. The van der Waals surface area contributed by atoms with E-state index in [0.717, 1.165) is 13.2 Å². The summed E-state index contributed by atoms with van der Waals surface area (Å²) in [6, 6.07) is -0.0700. The number of carbonyl (C=O) groups excluding carboxylic acids is 1. The average Bonchev–Trinajstić information content (AvgIpc) is 1.90. The molecule has 1 rings (SSSR count). The highest BCUT2D eigenvalue weighted by atomic mass is 127. The second-order valence-electron chi connectivity index (χ2n) is 1.89. The molecule has 1 N–H and O–H groups in total. The van der Waals surface area contributed by atoms with E-state index in [1.54, 1.807) is 22.6 Å². The van der Waals surface area contributed by atoms with E-state index in [-0.39, 0.29) is 9.83 Å². The number of nitrogens with one attached hydrogen (secondary N) is 1. The van der Waals surface area contributed by atoms with Crippen molar-refractivity contribution in [3.05, 3.63) is 0 Å². The third-order valence-electron chi connectivity index (χ3n) is 1.20. The highest BCUT2D eigenvalue weighted by Gasteiger charge is 2.17. The van der Waals surface area contributed by atoms with Gasteiger partial charge in [0, 0.05) is 29.1 Å². The van der Waals surface area contributed by atoms with Crippen molar-refractivity contribution < 1.29 is 9.53 Å². The predicted molar refractivity (Wildman–Crippen MR) is 41.6 cm³/mol. The van der Waals surface area contributed by atoms with Gasteiger partial charge in [0.05, 0.1) is 13.2 Å². The zero-order valence-electron chi connectivity index (χ0n) is 4.89. The first-order valence-electron chi connectivity index (χ1n) is 2.81. The lowest BCUT2D eigenvalue weighted by atomic mass is 10.3. The lowest BCUT2D eigenvalue weighted by molar-refractivity contribution is -0.113. The van der Waals surface area contributed by atoms with Crippen LogP contribution in [0.3, 0.4) is 0 Å². The number of hydrogen-bond donors (Lipinski definition) is 1. The number of rotatable bonds is 1. The maximum Gasteiger partial charge on any atom is 0.211 e. The zero-order chi connectivity index (χ0) is 6.69. The molecular formula is C5H8INO2. The van der Waals surface area contributed by atoms with Crippen LogP contribution in [0.1, 0.15) is 0 Å². The van der Waals surface area contributed by atoms with Crippen molar-refractivity contribution in [1.29, 1.82) is 0 Å². The van der Waals surface area contributed by atoms with E-state index in [4.69, 9.17) is 4.74 Å². The first-order valence-corrected chi connectivity index (χ1v) is 3.89. The van der Waals surface area contributed by atoms with E-state index in [2.05, 4.69) is 5.32 Å². The van der Waals surface area contributed by atoms with E-state index in [1.807, 2.05) is 0 Å². The molecule has 0 radical (unpaired) electrons.